The van der Waals surface area contributed by atoms with E-state index in [2.05, 4.69) is 10.6 Å². The first-order valence-electron chi connectivity index (χ1n) is 6.64. The summed E-state index contributed by atoms with van der Waals surface area (Å²) in [5.74, 6) is -0.288. The van der Waals surface area contributed by atoms with E-state index in [1.165, 1.54) is 0 Å². The average Bonchev–Trinajstić information content (AvgIpc) is 2.36. The van der Waals surface area contributed by atoms with E-state index >= 15 is 0 Å². The van der Waals surface area contributed by atoms with Gasteiger partial charge in [-0.3, -0.25) is 4.79 Å². The number of benzene rings is 1. The van der Waals surface area contributed by atoms with Gasteiger partial charge in [-0.15, -0.1) is 0 Å². The summed E-state index contributed by atoms with van der Waals surface area (Å²) in [6, 6.07) is 2.98. The molecule has 0 aromatic heterocycles. The quantitative estimate of drug-likeness (QED) is 0.828. The molecule has 0 radical (unpaired) electrons. The second-order valence-electron chi connectivity index (χ2n) is 4.80. The van der Waals surface area contributed by atoms with E-state index in [0.717, 1.165) is 31.0 Å². The fourth-order valence-electron chi connectivity index (χ4n) is 1.84. The van der Waals surface area contributed by atoms with Crippen molar-refractivity contribution in [1.82, 2.24) is 5.32 Å². The largest absolute Gasteiger partial charge is 0.416 e. The third kappa shape index (κ3) is 5.83. The number of alkyl halides is 3. The number of carbonyl (C=O) groups is 1. The monoisotopic (exact) mass is 322 g/mol. The predicted octanol–water partition coefficient (Wildman–Crippen LogP) is 4.08. The molecule has 0 spiro atoms. The molecule has 118 valence electrons. The summed E-state index contributed by atoms with van der Waals surface area (Å²) in [5, 5.41) is 5.51. The maximum atomic E-state index is 12.6. The average molecular weight is 323 g/mol. The Morgan fingerprint density at radius 3 is 2.62 bits per heavy atom. The van der Waals surface area contributed by atoms with Gasteiger partial charge in [-0.25, -0.2) is 0 Å². The molecule has 0 aliphatic rings. The van der Waals surface area contributed by atoms with Crippen molar-refractivity contribution in [2.24, 2.45) is 0 Å². The van der Waals surface area contributed by atoms with Crippen molar-refractivity contribution in [2.45, 2.75) is 38.9 Å². The van der Waals surface area contributed by atoms with Crippen LogP contribution in [0.5, 0.6) is 0 Å². The van der Waals surface area contributed by atoms with E-state index < -0.39 is 11.7 Å². The minimum atomic E-state index is -4.45. The van der Waals surface area contributed by atoms with Crippen molar-refractivity contribution in [2.75, 3.05) is 11.9 Å². The summed E-state index contributed by atoms with van der Waals surface area (Å²) in [6.45, 7) is 3.75. The van der Waals surface area contributed by atoms with Crippen molar-refractivity contribution < 1.29 is 18.0 Å². The van der Waals surface area contributed by atoms with Crippen LogP contribution in [0.1, 0.15) is 32.3 Å². The van der Waals surface area contributed by atoms with Gasteiger partial charge in [0.1, 0.15) is 0 Å². The smallest absolute Gasteiger partial charge is 0.375 e. The van der Waals surface area contributed by atoms with Gasteiger partial charge < -0.3 is 10.6 Å². The van der Waals surface area contributed by atoms with Crippen LogP contribution in [0.15, 0.2) is 18.2 Å². The number of hydrogen-bond donors (Lipinski definition) is 2. The molecule has 0 saturated carbocycles. The van der Waals surface area contributed by atoms with E-state index in [1.807, 2.05) is 13.8 Å². The maximum absolute atomic E-state index is 12.6. The molecule has 1 amide bonds. The number of anilines is 1. The van der Waals surface area contributed by atoms with Crippen molar-refractivity contribution in [3.63, 3.8) is 0 Å². The van der Waals surface area contributed by atoms with Crippen LogP contribution in [0, 0.1) is 0 Å². The fourth-order valence-corrected chi connectivity index (χ4v) is 2.03. The third-order valence-electron chi connectivity index (χ3n) is 2.86. The normalized spacial score (nSPS) is 12.9. The topological polar surface area (TPSA) is 41.1 Å². The van der Waals surface area contributed by atoms with Crippen LogP contribution < -0.4 is 10.6 Å². The lowest BCUT2D eigenvalue weighted by atomic mass is 10.2. The zero-order valence-electron chi connectivity index (χ0n) is 11.9. The Hall–Kier alpha value is -1.43. The molecule has 1 aromatic carbocycles. The van der Waals surface area contributed by atoms with Crippen LogP contribution >= 0.6 is 11.6 Å². The number of carbonyl (C=O) groups excluding carboxylic acids is 1. The summed E-state index contributed by atoms with van der Waals surface area (Å²) in [5.41, 5.74) is -0.723. The molecular formula is C14H18ClF3N2O. The van der Waals surface area contributed by atoms with Crippen LogP contribution in [-0.2, 0) is 11.0 Å². The van der Waals surface area contributed by atoms with Crippen molar-refractivity contribution in [3.05, 3.63) is 28.8 Å². The van der Waals surface area contributed by atoms with Crippen LogP contribution in [0.2, 0.25) is 5.02 Å². The van der Waals surface area contributed by atoms with E-state index in [9.17, 15) is 18.0 Å². The standard InChI is InChI=1S/C14H18ClF3N2O/c1-3-4-9(2)20-13(21)8-19-12-7-10(14(16,17)18)5-6-11(12)15/h5-7,9,19H,3-4,8H2,1-2H3,(H,20,21). The zero-order valence-corrected chi connectivity index (χ0v) is 12.6. The molecule has 1 atom stereocenters. The summed E-state index contributed by atoms with van der Waals surface area (Å²) in [4.78, 5) is 11.7. The van der Waals surface area contributed by atoms with Crippen LogP contribution in [0.4, 0.5) is 18.9 Å². The Bertz CT molecular complexity index is 492. The van der Waals surface area contributed by atoms with Gasteiger partial charge in [-0.2, -0.15) is 13.2 Å². The molecule has 0 aliphatic carbocycles. The van der Waals surface area contributed by atoms with Gasteiger partial charge in [0, 0.05) is 6.04 Å². The summed E-state index contributed by atoms with van der Waals surface area (Å²) >= 11 is 5.82. The number of nitrogens with one attached hydrogen (secondary N) is 2. The van der Waals surface area contributed by atoms with Crippen molar-refractivity contribution in [3.8, 4) is 0 Å². The summed E-state index contributed by atoms with van der Waals surface area (Å²) in [7, 11) is 0. The van der Waals surface area contributed by atoms with Crippen molar-refractivity contribution in [1.29, 1.82) is 0 Å². The number of amides is 1. The van der Waals surface area contributed by atoms with Gasteiger partial charge in [0.25, 0.3) is 0 Å². The number of rotatable bonds is 6. The highest BCUT2D eigenvalue weighted by atomic mass is 35.5. The van der Waals surface area contributed by atoms with Crippen LogP contribution in [-0.4, -0.2) is 18.5 Å². The van der Waals surface area contributed by atoms with E-state index in [0.29, 0.717) is 0 Å². The SMILES string of the molecule is CCCC(C)NC(=O)CNc1cc(C(F)(F)F)ccc1Cl. The van der Waals surface area contributed by atoms with Gasteiger partial charge >= 0.3 is 6.18 Å². The first kappa shape index (κ1) is 17.6. The molecule has 1 rings (SSSR count). The van der Waals surface area contributed by atoms with Gasteiger partial charge in [-0.05, 0) is 31.5 Å². The lowest BCUT2D eigenvalue weighted by Crippen LogP contribution is -2.36. The first-order valence-corrected chi connectivity index (χ1v) is 7.01. The fraction of sp³-hybridized carbons (Fsp3) is 0.500. The van der Waals surface area contributed by atoms with E-state index in [4.69, 9.17) is 11.6 Å². The molecule has 0 saturated heterocycles. The first-order chi connectivity index (χ1) is 9.74. The van der Waals surface area contributed by atoms with E-state index in [-0.39, 0.29) is 29.2 Å². The van der Waals surface area contributed by atoms with Gasteiger partial charge in [0.05, 0.1) is 22.8 Å². The van der Waals surface area contributed by atoms with Crippen LogP contribution in [0.25, 0.3) is 0 Å². The van der Waals surface area contributed by atoms with Crippen LogP contribution in [0.3, 0.4) is 0 Å². The maximum Gasteiger partial charge on any atom is 0.416 e. The second kappa shape index (κ2) is 7.54. The summed E-state index contributed by atoms with van der Waals surface area (Å²) < 4.78 is 37.8. The predicted molar refractivity (Wildman–Crippen MR) is 77.5 cm³/mol. The number of hydrogen-bond acceptors (Lipinski definition) is 2. The Kier molecular flexibility index (Phi) is 6.33. The van der Waals surface area contributed by atoms with E-state index in [1.54, 1.807) is 0 Å². The molecule has 1 unspecified atom stereocenters. The molecule has 0 fully saturated rings. The Morgan fingerprint density at radius 1 is 1.38 bits per heavy atom. The molecule has 21 heavy (non-hydrogen) atoms. The minimum absolute atomic E-state index is 0.0290. The zero-order chi connectivity index (χ0) is 16.0. The third-order valence-corrected chi connectivity index (χ3v) is 3.19. The van der Waals surface area contributed by atoms with Gasteiger partial charge in [0.15, 0.2) is 0 Å². The second-order valence-corrected chi connectivity index (χ2v) is 5.21. The highest BCUT2D eigenvalue weighted by Crippen LogP contribution is 2.33. The number of halogens is 4. The lowest BCUT2D eigenvalue weighted by molar-refractivity contribution is -0.137. The summed E-state index contributed by atoms with van der Waals surface area (Å²) in [6.07, 6.45) is -2.66. The van der Waals surface area contributed by atoms with Gasteiger partial charge in [0.2, 0.25) is 5.91 Å². The lowest BCUT2D eigenvalue weighted by Gasteiger charge is -2.15. The molecule has 7 heteroatoms. The molecule has 0 bridgehead atoms. The molecule has 1 aromatic rings. The molecule has 0 aliphatic heterocycles. The Balaban J connectivity index is 2.65. The van der Waals surface area contributed by atoms with Gasteiger partial charge in [-0.1, -0.05) is 24.9 Å². The highest BCUT2D eigenvalue weighted by molar-refractivity contribution is 6.33. The Morgan fingerprint density at radius 2 is 2.05 bits per heavy atom. The van der Waals surface area contributed by atoms with Crippen molar-refractivity contribution >= 4 is 23.2 Å². The minimum Gasteiger partial charge on any atom is -0.375 e. The Labute approximate surface area is 126 Å². The molecule has 3 nitrogen and oxygen atoms in total. The molecule has 2 N–H and O–H groups in total. The molecule has 0 heterocycles. The molecular weight excluding hydrogens is 305 g/mol. The highest BCUT2D eigenvalue weighted by Gasteiger charge is 2.30.